The molecular formula is C14H21NO. The number of hydrogen-bond acceptors (Lipinski definition) is 2. The van der Waals surface area contributed by atoms with Gasteiger partial charge in [-0.05, 0) is 48.8 Å². The predicted molar refractivity (Wildman–Crippen MR) is 66.3 cm³/mol. The number of nitrogens with two attached hydrogens (primary N) is 1. The van der Waals surface area contributed by atoms with E-state index in [1.807, 2.05) is 0 Å². The van der Waals surface area contributed by atoms with Crippen LogP contribution in [0.3, 0.4) is 0 Å². The molecule has 1 aliphatic rings. The second-order valence-corrected chi connectivity index (χ2v) is 4.79. The quantitative estimate of drug-likeness (QED) is 0.748. The third-order valence-electron chi connectivity index (χ3n) is 3.71. The van der Waals surface area contributed by atoms with Crippen LogP contribution in [0.15, 0.2) is 18.2 Å². The van der Waals surface area contributed by atoms with Crippen LogP contribution >= 0.6 is 0 Å². The van der Waals surface area contributed by atoms with Gasteiger partial charge in [-0.25, -0.2) is 0 Å². The van der Waals surface area contributed by atoms with Gasteiger partial charge in [-0.15, -0.1) is 0 Å². The van der Waals surface area contributed by atoms with Crippen LogP contribution in [-0.4, -0.2) is 11.7 Å². The molecule has 2 heteroatoms. The lowest BCUT2D eigenvalue weighted by molar-refractivity contribution is 0.0362. The van der Waals surface area contributed by atoms with Gasteiger partial charge in [0.2, 0.25) is 0 Å². The van der Waals surface area contributed by atoms with Crippen molar-refractivity contribution in [3.8, 4) is 0 Å². The van der Waals surface area contributed by atoms with Crippen LogP contribution < -0.4 is 5.73 Å². The van der Waals surface area contributed by atoms with Gasteiger partial charge in [0, 0.05) is 6.54 Å². The van der Waals surface area contributed by atoms with Crippen molar-refractivity contribution in [2.75, 3.05) is 6.54 Å². The minimum atomic E-state index is -0.795. The fraction of sp³-hybridized carbons (Fsp3) is 0.571. The lowest BCUT2D eigenvalue weighted by Gasteiger charge is -2.27. The van der Waals surface area contributed by atoms with E-state index in [4.69, 9.17) is 5.73 Å². The molecule has 1 atom stereocenters. The molecule has 0 bridgehead atoms. The highest BCUT2D eigenvalue weighted by Crippen LogP contribution is 2.34. The smallest absolute Gasteiger partial charge is 0.102 e. The zero-order chi connectivity index (χ0) is 11.6. The third kappa shape index (κ3) is 2.00. The largest absolute Gasteiger partial charge is 0.384 e. The Morgan fingerprint density at radius 2 is 2.19 bits per heavy atom. The Labute approximate surface area is 97.5 Å². The first-order chi connectivity index (χ1) is 7.69. The summed E-state index contributed by atoms with van der Waals surface area (Å²) in [5, 5.41) is 10.6. The SMILES string of the molecule is CCc1ccc2c(c1)C(O)(CN)CCCC2. The Morgan fingerprint density at radius 3 is 2.88 bits per heavy atom. The summed E-state index contributed by atoms with van der Waals surface area (Å²) in [6, 6.07) is 6.48. The summed E-state index contributed by atoms with van der Waals surface area (Å²) in [5.41, 5.74) is 8.61. The van der Waals surface area contributed by atoms with Gasteiger partial charge in [-0.3, -0.25) is 0 Å². The van der Waals surface area contributed by atoms with Crippen molar-refractivity contribution < 1.29 is 5.11 Å². The summed E-state index contributed by atoms with van der Waals surface area (Å²) in [7, 11) is 0. The van der Waals surface area contributed by atoms with Crippen molar-refractivity contribution in [2.24, 2.45) is 5.73 Å². The van der Waals surface area contributed by atoms with Crippen LogP contribution in [-0.2, 0) is 18.4 Å². The molecule has 0 fully saturated rings. The third-order valence-corrected chi connectivity index (χ3v) is 3.71. The van der Waals surface area contributed by atoms with E-state index in [2.05, 4.69) is 25.1 Å². The highest BCUT2D eigenvalue weighted by Gasteiger charge is 2.31. The monoisotopic (exact) mass is 219 g/mol. The van der Waals surface area contributed by atoms with E-state index in [0.29, 0.717) is 6.54 Å². The molecule has 0 saturated heterocycles. The van der Waals surface area contributed by atoms with Crippen molar-refractivity contribution in [2.45, 2.75) is 44.6 Å². The molecule has 1 unspecified atom stereocenters. The van der Waals surface area contributed by atoms with Crippen LogP contribution in [0.5, 0.6) is 0 Å². The lowest BCUT2D eigenvalue weighted by atomic mass is 9.86. The normalized spacial score (nSPS) is 24.9. The molecule has 0 spiro atoms. The average Bonchev–Trinajstić information content (AvgIpc) is 2.49. The molecule has 2 rings (SSSR count). The van der Waals surface area contributed by atoms with Crippen LogP contribution in [0.2, 0.25) is 0 Å². The van der Waals surface area contributed by atoms with Crippen molar-refractivity contribution in [3.63, 3.8) is 0 Å². The van der Waals surface area contributed by atoms with E-state index < -0.39 is 5.60 Å². The number of aliphatic hydroxyl groups is 1. The fourth-order valence-electron chi connectivity index (χ4n) is 2.57. The minimum Gasteiger partial charge on any atom is -0.384 e. The summed E-state index contributed by atoms with van der Waals surface area (Å²) < 4.78 is 0. The fourth-order valence-corrected chi connectivity index (χ4v) is 2.57. The number of hydrogen-bond donors (Lipinski definition) is 2. The number of benzene rings is 1. The Hall–Kier alpha value is -0.860. The maximum atomic E-state index is 10.6. The van der Waals surface area contributed by atoms with Gasteiger partial charge in [0.15, 0.2) is 0 Å². The second kappa shape index (κ2) is 4.56. The first-order valence-corrected chi connectivity index (χ1v) is 6.24. The van der Waals surface area contributed by atoms with Crippen LogP contribution in [0, 0.1) is 0 Å². The van der Waals surface area contributed by atoms with Crippen LogP contribution in [0.25, 0.3) is 0 Å². The van der Waals surface area contributed by atoms with Crippen molar-refractivity contribution in [3.05, 3.63) is 34.9 Å². The topological polar surface area (TPSA) is 46.2 Å². The molecule has 0 amide bonds. The zero-order valence-electron chi connectivity index (χ0n) is 10.00. The van der Waals surface area contributed by atoms with Gasteiger partial charge in [0.05, 0.1) is 0 Å². The Balaban J connectivity index is 2.49. The molecule has 0 heterocycles. The van der Waals surface area contributed by atoms with Crippen molar-refractivity contribution in [1.29, 1.82) is 0 Å². The molecule has 0 radical (unpaired) electrons. The van der Waals surface area contributed by atoms with E-state index in [1.54, 1.807) is 0 Å². The summed E-state index contributed by atoms with van der Waals surface area (Å²) >= 11 is 0. The van der Waals surface area contributed by atoms with Gasteiger partial charge in [-0.2, -0.15) is 0 Å². The van der Waals surface area contributed by atoms with Gasteiger partial charge < -0.3 is 10.8 Å². The number of rotatable bonds is 2. The summed E-state index contributed by atoms with van der Waals surface area (Å²) in [6.07, 6.45) is 5.09. The summed E-state index contributed by atoms with van der Waals surface area (Å²) in [4.78, 5) is 0. The lowest BCUT2D eigenvalue weighted by Crippen LogP contribution is -2.35. The molecule has 88 valence electrons. The molecule has 2 nitrogen and oxygen atoms in total. The van der Waals surface area contributed by atoms with Crippen molar-refractivity contribution >= 4 is 0 Å². The summed E-state index contributed by atoms with van der Waals surface area (Å²) in [5.74, 6) is 0. The maximum Gasteiger partial charge on any atom is 0.102 e. The summed E-state index contributed by atoms with van der Waals surface area (Å²) in [6.45, 7) is 2.47. The van der Waals surface area contributed by atoms with E-state index in [1.165, 1.54) is 11.1 Å². The first kappa shape index (κ1) is 11.6. The highest BCUT2D eigenvalue weighted by molar-refractivity contribution is 5.37. The second-order valence-electron chi connectivity index (χ2n) is 4.79. The molecule has 1 aromatic rings. The standard InChI is InChI=1S/C14H21NO/c1-2-11-6-7-12-5-3-4-8-14(16,10-15)13(12)9-11/h6-7,9,16H,2-5,8,10,15H2,1H3. The first-order valence-electron chi connectivity index (χ1n) is 6.24. The molecule has 16 heavy (non-hydrogen) atoms. The Bertz CT molecular complexity index is 375. The average molecular weight is 219 g/mol. The van der Waals surface area contributed by atoms with E-state index >= 15 is 0 Å². The van der Waals surface area contributed by atoms with Crippen LogP contribution in [0.4, 0.5) is 0 Å². The highest BCUT2D eigenvalue weighted by atomic mass is 16.3. The van der Waals surface area contributed by atoms with Gasteiger partial charge >= 0.3 is 0 Å². The molecule has 0 aromatic heterocycles. The van der Waals surface area contributed by atoms with E-state index in [0.717, 1.165) is 37.7 Å². The predicted octanol–water partition coefficient (Wildman–Crippen LogP) is 2.12. The van der Waals surface area contributed by atoms with Gasteiger partial charge in [-0.1, -0.05) is 25.1 Å². The molecule has 3 N–H and O–H groups in total. The van der Waals surface area contributed by atoms with Crippen LogP contribution in [0.1, 0.15) is 42.9 Å². The number of fused-ring (bicyclic) bond motifs is 1. The van der Waals surface area contributed by atoms with Crippen molar-refractivity contribution in [1.82, 2.24) is 0 Å². The van der Waals surface area contributed by atoms with Gasteiger partial charge in [0.1, 0.15) is 5.60 Å². The molecule has 1 aromatic carbocycles. The van der Waals surface area contributed by atoms with E-state index in [-0.39, 0.29) is 0 Å². The minimum absolute atomic E-state index is 0.327. The Morgan fingerprint density at radius 1 is 1.38 bits per heavy atom. The van der Waals surface area contributed by atoms with E-state index in [9.17, 15) is 5.11 Å². The van der Waals surface area contributed by atoms with Gasteiger partial charge in [0.25, 0.3) is 0 Å². The Kier molecular flexibility index (Phi) is 3.31. The number of aryl methyl sites for hydroxylation is 2. The molecule has 1 aliphatic carbocycles. The zero-order valence-corrected chi connectivity index (χ0v) is 10.00. The molecule has 0 aliphatic heterocycles. The molecular weight excluding hydrogens is 198 g/mol. The molecule has 0 saturated carbocycles. The maximum absolute atomic E-state index is 10.6.